The monoisotopic (exact) mass is 392 g/mol. The van der Waals surface area contributed by atoms with Crippen LogP contribution in [0.2, 0.25) is 0 Å². The first-order valence-electron chi connectivity index (χ1n) is 9.15. The number of carbonyl (C=O) groups excluding carboxylic acids is 1. The number of nitrogens with one attached hydrogen (secondary N) is 1. The normalized spacial score (nSPS) is 12.2. The van der Waals surface area contributed by atoms with Crippen LogP contribution in [-0.4, -0.2) is 16.6 Å². The zero-order chi connectivity index (χ0) is 19.7. The smallest absolute Gasteiger partial charge is 0.308 e. The van der Waals surface area contributed by atoms with Gasteiger partial charge in [0, 0.05) is 17.6 Å². The van der Waals surface area contributed by atoms with E-state index in [2.05, 4.69) is 5.32 Å². The fraction of sp³-hybridized carbons (Fsp3) is 0.182. The lowest BCUT2D eigenvalue weighted by Gasteiger charge is -2.16. The standard InChI is InChI=1S/C22H20N2O3S/c1-3-24-18-12-11-16(13-20(18)28-22(24)26)23-21(25)14(2)27-19-10-6-8-15-7-4-5-9-17(15)19/h4-14H,3H2,1-2H3,(H,23,25). The molecule has 0 spiro atoms. The lowest BCUT2D eigenvalue weighted by molar-refractivity contribution is -0.122. The minimum atomic E-state index is -0.666. The van der Waals surface area contributed by atoms with Crippen molar-refractivity contribution >= 4 is 43.9 Å². The van der Waals surface area contributed by atoms with E-state index in [0.717, 1.165) is 21.0 Å². The summed E-state index contributed by atoms with van der Waals surface area (Å²) in [4.78, 5) is 24.6. The van der Waals surface area contributed by atoms with Crippen LogP contribution < -0.4 is 14.9 Å². The molecule has 1 atom stereocenters. The molecule has 1 amide bonds. The molecular formula is C22H20N2O3S. The van der Waals surface area contributed by atoms with Crippen LogP contribution in [0.1, 0.15) is 13.8 Å². The summed E-state index contributed by atoms with van der Waals surface area (Å²) in [5.74, 6) is 0.434. The number of rotatable bonds is 5. The highest BCUT2D eigenvalue weighted by Gasteiger charge is 2.17. The number of ether oxygens (including phenoxy) is 1. The molecule has 0 aliphatic rings. The van der Waals surface area contributed by atoms with Crippen LogP contribution in [0.25, 0.3) is 21.0 Å². The maximum Gasteiger partial charge on any atom is 0.308 e. The number of amides is 1. The van der Waals surface area contributed by atoms with Crippen LogP contribution in [-0.2, 0) is 11.3 Å². The molecule has 28 heavy (non-hydrogen) atoms. The molecule has 0 saturated carbocycles. The first-order chi connectivity index (χ1) is 13.6. The van der Waals surface area contributed by atoms with Crippen LogP contribution in [0.15, 0.2) is 65.5 Å². The summed E-state index contributed by atoms with van der Waals surface area (Å²) < 4.78 is 8.50. The summed E-state index contributed by atoms with van der Waals surface area (Å²) >= 11 is 1.18. The van der Waals surface area contributed by atoms with E-state index in [0.29, 0.717) is 18.0 Å². The van der Waals surface area contributed by atoms with Gasteiger partial charge in [0.1, 0.15) is 5.75 Å². The lowest BCUT2D eigenvalue weighted by Crippen LogP contribution is -2.30. The molecule has 0 saturated heterocycles. The average Bonchev–Trinajstić information content (AvgIpc) is 3.02. The van der Waals surface area contributed by atoms with Gasteiger partial charge in [-0.1, -0.05) is 47.7 Å². The molecule has 1 unspecified atom stereocenters. The van der Waals surface area contributed by atoms with Gasteiger partial charge in [-0.2, -0.15) is 0 Å². The summed E-state index contributed by atoms with van der Waals surface area (Å²) in [6.07, 6.45) is -0.666. The van der Waals surface area contributed by atoms with Crippen molar-refractivity contribution in [1.29, 1.82) is 0 Å². The van der Waals surface area contributed by atoms with E-state index in [-0.39, 0.29) is 10.8 Å². The Hall–Kier alpha value is -3.12. The quantitative estimate of drug-likeness (QED) is 0.538. The first-order valence-corrected chi connectivity index (χ1v) is 9.97. The molecule has 0 fully saturated rings. The summed E-state index contributed by atoms with van der Waals surface area (Å²) in [6.45, 7) is 4.29. The fourth-order valence-corrected chi connectivity index (χ4v) is 4.22. The molecule has 3 aromatic carbocycles. The number of thiazole rings is 1. The van der Waals surface area contributed by atoms with Crippen molar-refractivity contribution in [3.05, 3.63) is 70.3 Å². The summed E-state index contributed by atoms with van der Waals surface area (Å²) in [7, 11) is 0. The van der Waals surface area contributed by atoms with Gasteiger partial charge in [-0.15, -0.1) is 0 Å². The van der Waals surface area contributed by atoms with Crippen molar-refractivity contribution in [3.8, 4) is 5.75 Å². The Morgan fingerprint density at radius 3 is 2.75 bits per heavy atom. The minimum absolute atomic E-state index is 0.00799. The molecular weight excluding hydrogens is 372 g/mol. The molecule has 4 aromatic rings. The second-order valence-corrected chi connectivity index (χ2v) is 7.51. The third-order valence-electron chi connectivity index (χ3n) is 4.67. The summed E-state index contributed by atoms with van der Waals surface area (Å²) in [5.41, 5.74) is 1.53. The highest BCUT2D eigenvalue weighted by Crippen LogP contribution is 2.26. The number of hydrogen-bond donors (Lipinski definition) is 1. The Kier molecular flexibility index (Phi) is 4.88. The van der Waals surface area contributed by atoms with E-state index in [1.165, 1.54) is 11.3 Å². The number of nitrogens with zero attached hydrogens (tertiary/aromatic N) is 1. The highest BCUT2D eigenvalue weighted by molar-refractivity contribution is 7.16. The molecule has 0 bridgehead atoms. The zero-order valence-corrected chi connectivity index (χ0v) is 16.5. The molecule has 1 N–H and O–H groups in total. The lowest BCUT2D eigenvalue weighted by atomic mass is 10.1. The molecule has 0 aliphatic carbocycles. The minimum Gasteiger partial charge on any atom is -0.480 e. The maximum absolute atomic E-state index is 12.6. The summed E-state index contributed by atoms with van der Waals surface area (Å²) in [5, 5.41) is 4.91. The third-order valence-corrected chi connectivity index (χ3v) is 5.62. The van der Waals surface area contributed by atoms with Crippen molar-refractivity contribution in [2.75, 3.05) is 5.32 Å². The van der Waals surface area contributed by atoms with Gasteiger partial charge in [0.2, 0.25) is 0 Å². The van der Waals surface area contributed by atoms with Gasteiger partial charge in [-0.25, -0.2) is 0 Å². The van der Waals surface area contributed by atoms with Gasteiger partial charge in [0.05, 0.1) is 10.2 Å². The van der Waals surface area contributed by atoms with Crippen LogP contribution in [0.5, 0.6) is 5.75 Å². The fourth-order valence-electron chi connectivity index (χ4n) is 3.23. The molecule has 1 heterocycles. The third kappa shape index (κ3) is 3.39. The van der Waals surface area contributed by atoms with Gasteiger partial charge in [-0.3, -0.25) is 14.2 Å². The number of carbonyl (C=O) groups is 1. The number of fused-ring (bicyclic) bond motifs is 2. The largest absolute Gasteiger partial charge is 0.480 e. The predicted octanol–water partition coefficient (Wildman–Crippen LogP) is 4.64. The van der Waals surface area contributed by atoms with Crippen molar-refractivity contribution < 1.29 is 9.53 Å². The number of hydrogen-bond acceptors (Lipinski definition) is 4. The Morgan fingerprint density at radius 1 is 1.14 bits per heavy atom. The second kappa shape index (κ2) is 7.48. The van der Waals surface area contributed by atoms with Gasteiger partial charge >= 0.3 is 4.87 Å². The van der Waals surface area contributed by atoms with Crippen LogP contribution >= 0.6 is 11.3 Å². The van der Waals surface area contributed by atoms with E-state index < -0.39 is 6.10 Å². The molecule has 0 radical (unpaired) electrons. The van der Waals surface area contributed by atoms with E-state index >= 15 is 0 Å². The maximum atomic E-state index is 12.6. The number of benzene rings is 3. The Balaban J connectivity index is 1.53. The molecule has 4 rings (SSSR count). The molecule has 0 aliphatic heterocycles. The Bertz CT molecular complexity index is 1220. The second-order valence-electron chi connectivity index (χ2n) is 6.52. The van der Waals surface area contributed by atoms with Crippen LogP contribution in [0, 0.1) is 0 Å². The van der Waals surface area contributed by atoms with E-state index in [9.17, 15) is 9.59 Å². The van der Waals surface area contributed by atoms with Gasteiger partial charge in [0.15, 0.2) is 6.10 Å². The zero-order valence-electron chi connectivity index (χ0n) is 15.6. The average molecular weight is 392 g/mol. The van der Waals surface area contributed by atoms with E-state index in [4.69, 9.17) is 4.74 Å². The van der Waals surface area contributed by atoms with Gasteiger partial charge in [0.25, 0.3) is 5.91 Å². The van der Waals surface area contributed by atoms with E-state index in [1.807, 2.05) is 67.6 Å². The molecule has 1 aromatic heterocycles. The van der Waals surface area contributed by atoms with E-state index in [1.54, 1.807) is 11.5 Å². The van der Waals surface area contributed by atoms with Gasteiger partial charge in [-0.05, 0) is 43.5 Å². The van der Waals surface area contributed by atoms with Crippen molar-refractivity contribution in [1.82, 2.24) is 4.57 Å². The number of aromatic nitrogens is 1. The van der Waals surface area contributed by atoms with Gasteiger partial charge < -0.3 is 10.1 Å². The van der Waals surface area contributed by atoms with Crippen LogP contribution in [0.4, 0.5) is 5.69 Å². The van der Waals surface area contributed by atoms with Crippen molar-refractivity contribution in [3.63, 3.8) is 0 Å². The first kappa shape index (κ1) is 18.3. The van der Waals surface area contributed by atoms with Crippen molar-refractivity contribution in [2.45, 2.75) is 26.5 Å². The highest BCUT2D eigenvalue weighted by atomic mass is 32.1. The molecule has 142 valence electrons. The Labute approximate surface area is 166 Å². The summed E-state index contributed by atoms with van der Waals surface area (Å²) in [6, 6.07) is 19.2. The Morgan fingerprint density at radius 2 is 1.93 bits per heavy atom. The topological polar surface area (TPSA) is 60.3 Å². The SMILES string of the molecule is CCn1c(=O)sc2cc(NC(=O)C(C)Oc3cccc4ccccc34)ccc21. The molecule has 6 heteroatoms. The molecule has 5 nitrogen and oxygen atoms in total. The van der Waals surface area contributed by atoms with Crippen LogP contribution in [0.3, 0.4) is 0 Å². The predicted molar refractivity (Wildman–Crippen MR) is 114 cm³/mol. The number of aryl methyl sites for hydroxylation is 1. The van der Waals surface area contributed by atoms with Crippen molar-refractivity contribution in [2.24, 2.45) is 0 Å². The number of anilines is 1.